The molecule has 16 heavy (non-hydrogen) atoms. The number of carbonyl (C=O) groups excluding carboxylic acids is 1. The van der Waals surface area contributed by atoms with Crippen LogP contribution in [-0.2, 0) is 4.79 Å². The van der Waals surface area contributed by atoms with Crippen molar-refractivity contribution >= 4 is 12.1 Å². The minimum absolute atomic E-state index is 0.309. The molecule has 1 aliphatic carbocycles. The van der Waals surface area contributed by atoms with Crippen molar-refractivity contribution in [1.29, 1.82) is 0 Å². The van der Waals surface area contributed by atoms with Crippen LogP contribution < -0.4 is 10.1 Å². The lowest BCUT2D eigenvalue weighted by Crippen LogP contribution is -2.20. The molecule has 1 N–H and O–H groups in total. The van der Waals surface area contributed by atoms with Crippen LogP contribution in [0.5, 0.6) is 5.75 Å². The Kier molecular flexibility index (Phi) is 3.81. The molecule has 3 nitrogen and oxygen atoms in total. The van der Waals surface area contributed by atoms with E-state index < -0.39 is 0 Å². The van der Waals surface area contributed by atoms with Crippen molar-refractivity contribution in [1.82, 2.24) is 0 Å². The topological polar surface area (TPSA) is 38.3 Å². The number of benzene rings is 1. The highest BCUT2D eigenvalue weighted by molar-refractivity contribution is 5.75. The summed E-state index contributed by atoms with van der Waals surface area (Å²) >= 11 is 0. The molecule has 1 amide bonds. The smallest absolute Gasteiger partial charge is 0.211 e. The fourth-order valence-electron chi connectivity index (χ4n) is 2.11. The molecule has 0 saturated heterocycles. The predicted molar refractivity (Wildman–Crippen MR) is 63.6 cm³/mol. The van der Waals surface area contributed by atoms with Crippen LogP contribution >= 0.6 is 0 Å². The zero-order chi connectivity index (χ0) is 11.2. The molecule has 0 atom stereocenters. The van der Waals surface area contributed by atoms with Gasteiger partial charge in [0.05, 0.1) is 11.8 Å². The number of rotatable bonds is 4. The summed E-state index contributed by atoms with van der Waals surface area (Å²) in [6, 6.07) is 7.57. The van der Waals surface area contributed by atoms with E-state index in [1.165, 1.54) is 19.3 Å². The number of hydrogen-bond donors (Lipinski definition) is 1. The third-order valence-electron chi connectivity index (χ3n) is 2.95. The predicted octanol–water partition coefficient (Wildman–Crippen LogP) is 2.97. The van der Waals surface area contributed by atoms with Crippen molar-refractivity contribution in [3.8, 4) is 5.75 Å². The lowest BCUT2D eigenvalue weighted by Gasteiger charge is -2.24. The second-order valence-electron chi connectivity index (χ2n) is 4.14. The van der Waals surface area contributed by atoms with Crippen LogP contribution in [0.2, 0.25) is 0 Å². The van der Waals surface area contributed by atoms with Crippen LogP contribution in [0.3, 0.4) is 0 Å². The first-order valence-corrected chi connectivity index (χ1v) is 5.86. The van der Waals surface area contributed by atoms with Gasteiger partial charge in [0.2, 0.25) is 6.41 Å². The minimum Gasteiger partial charge on any atom is -0.488 e. The van der Waals surface area contributed by atoms with E-state index in [1.54, 1.807) is 0 Å². The van der Waals surface area contributed by atoms with E-state index >= 15 is 0 Å². The Hall–Kier alpha value is -1.51. The molecule has 1 saturated carbocycles. The maximum Gasteiger partial charge on any atom is 0.211 e. The molecule has 0 unspecified atom stereocenters. The quantitative estimate of drug-likeness (QED) is 0.790. The van der Waals surface area contributed by atoms with Crippen LogP contribution in [0.25, 0.3) is 0 Å². The zero-order valence-electron chi connectivity index (χ0n) is 9.32. The fraction of sp³-hybridized carbons (Fsp3) is 0.462. The van der Waals surface area contributed by atoms with E-state index in [1.807, 2.05) is 24.3 Å². The highest BCUT2D eigenvalue weighted by Gasteiger charge is 2.15. The normalized spacial score (nSPS) is 16.8. The van der Waals surface area contributed by atoms with Gasteiger partial charge in [0.1, 0.15) is 5.75 Å². The first-order chi connectivity index (χ1) is 7.90. The molecule has 1 aromatic carbocycles. The third kappa shape index (κ3) is 2.75. The molecule has 2 rings (SSSR count). The van der Waals surface area contributed by atoms with E-state index in [9.17, 15) is 4.79 Å². The average Bonchev–Trinajstić information content (AvgIpc) is 2.33. The summed E-state index contributed by atoms with van der Waals surface area (Å²) in [5.74, 6) is 0.779. The molecule has 0 aromatic heterocycles. The summed E-state index contributed by atoms with van der Waals surface area (Å²) in [5.41, 5.74) is 0.753. The molecule has 0 heterocycles. The second kappa shape index (κ2) is 5.54. The van der Waals surface area contributed by atoms with Crippen molar-refractivity contribution in [3.05, 3.63) is 24.3 Å². The maximum atomic E-state index is 10.5. The minimum atomic E-state index is 0.309. The van der Waals surface area contributed by atoms with Gasteiger partial charge in [-0.1, -0.05) is 18.6 Å². The van der Waals surface area contributed by atoms with Crippen molar-refractivity contribution in [2.45, 2.75) is 38.2 Å². The van der Waals surface area contributed by atoms with Crippen LogP contribution in [-0.4, -0.2) is 12.5 Å². The molecule has 3 heteroatoms. The van der Waals surface area contributed by atoms with Crippen LogP contribution in [0.4, 0.5) is 5.69 Å². The Morgan fingerprint density at radius 3 is 2.69 bits per heavy atom. The largest absolute Gasteiger partial charge is 0.488 e. The van der Waals surface area contributed by atoms with E-state index in [4.69, 9.17) is 4.74 Å². The van der Waals surface area contributed by atoms with Crippen molar-refractivity contribution < 1.29 is 9.53 Å². The molecule has 0 radical (unpaired) electrons. The van der Waals surface area contributed by atoms with Gasteiger partial charge in [-0.25, -0.2) is 0 Å². The number of hydrogen-bond acceptors (Lipinski definition) is 2. The zero-order valence-corrected chi connectivity index (χ0v) is 9.32. The summed E-state index contributed by atoms with van der Waals surface area (Å²) in [7, 11) is 0. The van der Waals surface area contributed by atoms with Gasteiger partial charge in [-0.15, -0.1) is 0 Å². The fourth-order valence-corrected chi connectivity index (χ4v) is 2.11. The maximum absolute atomic E-state index is 10.5. The summed E-state index contributed by atoms with van der Waals surface area (Å²) in [6.07, 6.45) is 7.03. The van der Waals surface area contributed by atoms with Crippen molar-refractivity contribution in [2.24, 2.45) is 0 Å². The lowest BCUT2D eigenvalue weighted by molar-refractivity contribution is -0.105. The Morgan fingerprint density at radius 1 is 1.19 bits per heavy atom. The third-order valence-corrected chi connectivity index (χ3v) is 2.95. The van der Waals surface area contributed by atoms with Crippen LogP contribution in [0, 0.1) is 0 Å². The molecule has 1 aromatic rings. The van der Waals surface area contributed by atoms with Gasteiger partial charge >= 0.3 is 0 Å². The molecule has 86 valence electrons. The van der Waals surface area contributed by atoms with E-state index in [-0.39, 0.29) is 0 Å². The van der Waals surface area contributed by atoms with Crippen molar-refractivity contribution in [2.75, 3.05) is 5.32 Å². The van der Waals surface area contributed by atoms with Gasteiger partial charge in [0.15, 0.2) is 0 Å². The van der Waals surface area contributed by atoms with Gasteiger partial charge in [0, 0.05) is 0 Å². The SMILES string of the molecule is O=CNc1ccccc1OC1CCCCC1. The molecule has 0 spiro atoms. The van der Waals surface area contributed by atoms with Gasteiger partial charge in [-0.2, -0.15) is 0 Å². The van der Waals surface area contributed by atoms with Crippen LogP contribution in [0.15, 0.2) is 24.3 Å². The number of nitrogens with one attached hydrogen (secondary N) is 1. The number of carbonyl (C=O) groups is 1. The van der Waals surface area contributed by atoms with E-state index in [0.29, 0.717) is 12.5 Å². The molecule has 0 bridgehead atoms. The molecular weight excluding hydrogens is 202 g/mol. The Bertz CT molecular complexity index is 346. The standard InChI is InChI=1S/C13H17NO2/c15-10-14-12-8-4-5-9-13(12)16-11-6-2-1-3-7-11/h4-5,8-11H,1-3,6-7H2,(H,14,15). The summed E-state index contributed by atoms with van der Waals surface area (Å²) in [5, 5.41) is 2.66. The number of ether oxygens (including phenoxy) is 1. The first kappa shape index (κ1) is 11.0. The Morgan fingerprint density at radius 2 is 1.94 bits per heavy atom. The summed E-state index contributed by atoms with van der Waals surface area (Å²) in [6.45, 7) is 0. The monoisotopic (exact) mass is 219 g/mol. The molecular formula is C13H17NO2. The Balaban J connectivity index is 2.04. The Labute approximate surface area is 95.8 Å². The highest BCUT2D eigenvalue weighted by atomic mass is 16.5. The molecule has 0 aliphatic heterocycles. The van der Waals surface area contributed by atoms with Crippen LogP contribution in [0.1, 0.15) is 32.1 Å². The summed E-state index contributed by atoms with van der Waals surface area (Å²) in [4.78, 5) is 10.5. The number of anilines is 1. The van der Waals surface area contributed by atoms with Crippen molar-refractivity contribution in [3.63, 3.8) is 0 Å². The highest BCUT2D eigenvalue weighted by Crippen LogP contribution is 2.28. The summed E-state index contributed by atoms with van der Waals surface area (Å²) < 4.78 is 5.92. The van der Waals surface area contributed by atoms with Gasteiger partial charge in [0.25, 0.3) is 0 Å². The van der Waals surface area contributed by atoms with Gasteiger partial charge < -0.3 is 10.1 Å². The number of amides is 1. The van der Waals surface area contributed by atoms with Gasteiger partial charge in [-0.3, -0.25) is 4.79 Å². The lowest BCUT2D eigenvalue weighted by atomic mass is 9.98. The second-order valence-corrected chi connectivity index (χ2v) is 4.14. The van der Waals surface area contributed by atoms with E-state index in [0.717, 1.165) is 24.3 Å². The molecule has 1 aliphatic rings. The van der Waals surface area contributed by atoms with Gasteiger partial charge in [-0.05, 0) is 37.8 Å². The molecule has 1 fully saturated rings. The van der Waals surface area contributed by atoms with E-state index in [2.05, 4.69) is 5.32 Å². The first-order valence-electron chi connectivity index (χ1n) is 5.86. The average molecular weight is 219 g/mol. The number of para-hydroxylation sites is 2.